The highest BCUT2D eigenvalue weighted by atomic mass is 35.5. The smallest absolute Gasteiger partial charge is 0.324 e. The second-order valence-electron chi connectivity index (χ2n) is 7.61. The van der Waals surface area contributed by atoms with Crippen molar-refractivity contribution in [3.8, 4) is 11.3 Å². The second-order valence-corrected chi connectivity index (χ2v) is 8.05. The largest absolute Gasteiger partial charge is 0.350 e. The minimum Gasteiger partial charge on any atom is -0.324 e. The molecule has 3 aromatic heterocycles. The first-order valence-corrected chi connectivity index (χ1v) is 10.4. The van der Waals surface area contributed by atoms with Crippen molar-refractivity contribution in [3.05, 3.63) is 87.6 Å². The number of hydrogen-bond donors (Lipinski definition) is 1. The molecule has 8 nitrogen and oxygen atoms in total. The zero-order chi connectivity index (χ0) is 22.4. The highest BCUT2D eigenvalue weighted by molar-refractivity contribution is 6.30. The summed E-state index contributed by atoms with van der Waals surface area (Å²) < 4.78 is 4.23. The monoisotopic (exact) mass is 446 g/mol. The zero-order valence-electron chi connectivity index (χ0n) is 17.4. The number of fused-ring (bicyclic) bond motifs is 3. The van der Waals surface area contributed by atoms with Gasteiger partial charge in [0.1, 0.15) is 12.1 Å². The van der Waals surface area contributed by atoms with Gasteiger partial charge in [-0.05, 0) is 43.2 Å². The zero-order valence-corrected chi connectivity index (χ0v) is 18.2. The number of nitrogens with one attached hydrogen (secondary N) is 1. The van der Waals surface area contributed by atoms with Crippen LogP contribution in [0, 0.1) is 13.8 Å². The number of hydrogen-bond acceptors (Lipinski definition) is 4. The van der Waals surface area contributed by atoms with E-state index in [-0.39, 0.29) is 12.5 Å². The summed E-state index contributed by atoms with van der Waals surface area (Å²) in [5.41, 5.74) is 4.96. The molecule has 32 heavy (non-hydrogen) atoms. The number of carbonyl (C=O) groups is 1. The molecule has 0 aliphatic rings. The highest BCUT2D eigenvalue weighted by Gasteiger charge is 2.16. The second kappa shape index (κ2) is 7.65. The molecule has 0 aliphatic heterocycles. The van der Waals surface area contributed by atoms with Crippen molar-refractivity contribution in [2.24, 2.45) is 0 Å². The summed E-state index contributed by atoms with van der Waals surface area (Å²) in [5.74, 6) is -0.320. The Morgan fingerprint density at radius 2 is 1.75 bits per heavy atom. The fraction of sp³-hybridized carbons (Fsp3) is 0.130. The van der Waals surface area contributed by atoms with Crippen LogP contribution in [0.15, 0.2) is 65.7 Å². The van der Waals surface area contributed by atoms with Crippen molar-refractivity contribution in [3.63, 3.8) is 0 Å². The van der Waals surface area contributed by atoms with Crippen molar-refractivity contribution in [1.82, 2.24) is 23.8 Å². The predicted octanol–water partition coefficient (Wildman–Crippen LogP) is 3.72. The van der Waals surface area contributed by atoms with Gasteiger partial charge in [-0.1, -0.05) is 41.9 Å². The van der Waals surface area contributed by atoms with Gasteiger partial charge in [-0.15, -0.1) is 5.10 Å². The molecular weight excluding hydrogens is 428 g/mol. The maximum Gasteiger partial charge on any atom is 0.350 e. The number of anilines is 1. The number of halogens is 1. The van der Waals surface area contributed by atoms with Gasteiger partial charge in [0.05, 0.1) is 5.69 Å². The lowest BCUT2D eigenvalue weighted by Crippen LogP contribution is -2.28. The van der Waals surface area contributed by atoms with Crippen LogP contribution in [0.4, 0.5) is 5.69 Å². The Bertz CT molecular complexity index is 1520. The minimum absolute atomic E-state index is 0.196. The van der Waals surface area contributed by atoms with Crippen LogP contribution < -0.4 is 11.0 Å². The SMILES string of the molecule is Cc1cccc(C)c1NC(=O)Cn1nc2c3cc(-c4ccc(Cl)cc4)nn3ccn2c1=O. The van der Waals surface area contributed by atoms with E-state index in [0.717, 1.165) is 32.8 Å². The van der Waals surface area contributed by atoms with Crippen LogP contribution in [0.3, 0.4) is 0 Å². The van der Waals surface area contributed by atoms with E-state index in [4.69, 9.17) is 11.6 Å². The van der Waals surface area contributed by atoms with Gasteiger partial charge in [0, 0.05) is 28.7 Å². The first kappa shape index (κ1) is 20.0. The number of nitrogens with zero attached hydrogens (tertiary/aromatic N) is 5. The molecule has 9 heteroatoms. The van der Waals surface area contributed by atoms with E-state index in [2.05, 4.69) is 15.5 Å². The average molecular weight is 447 g/mol. The molecule has 160 valence electrons. The van der Waals surface area contributed by atoms with Gasteiger partial charge in [-0.25, -0.2) is 18.4 Å². The van der Waals surface area contributed by atoms with Crippen molar-refractivity contribution in [2.45, 2.75) is 20.4 Å². The predicted molar refractivity (Wildman–Crippen MR) is 123 cm³/mol. The molecule has 5 rings (SSSR count). The lowest BCUT2D eigenvalue weighted by molar-refractivity contribution is -0.117. The van der Waals surface area contributed by atoms with Crippen LogP contribution in [-0.4, -0.2) is 29.7 Å². The molecule has 1 amide bonds. The molecule has 0 aliphatic carbocycles. The molecule has 0 saturated carbocycles. The van der Waals surface area contributed by atoms with Gasteiger partial charge in [0.2, 0.25) is 5.91 Å². The van der Waals surface area contributed by atoms with Crippen LogP contribution in [0.1, 0.15) is 11.1 Å². The lowest BCUT2D eigenvalue weighted by atomic mass is 10.1. The van der Waals surface area contributed by atoms with Crippen LogP contribution in [0.2, 0.25) is 5.02 Å². The van der Waals surface area contributed by atoms with Crippen molar-refractivity contribution in [2.75, 3.05) is 5.32 Å². The Balaban J connectivity index is 1.50. The number of aromatic nitrogens is 5. The number of benzene rings is 2. The summed E-state index contributed by atoms with van der Waals surface area (Å²) in [6.45, 7) is 3.65. The average Bonchev–Trinajstić information content (AvgIpc) is 3.33. The third-order valence-electron chi connectivity index (χ3n) is 5.37. The van der Waals surface area contributed by atoms with Gasteiger partial charge in [0.25, 0.3) is 0 Å². The maximum atomic E-state index is 12.8. The van der Waals surface area contributed by atoms with Crippen molar-refractivity contribution in [1.29, 1.82) is 0 Å². The van der Waals surface area contributed by atoms with Gasteiger partial charge in [-0.2, -0.15) is 5.10 Å². The van der Waals surface area contributed by atoms with E-state index in [1.165, 1.54) is 4.40 Å². The molecule has 5 aromatic rings. The Kier molecular flexibility index (Phi) is 4.79. The summed E-state index contributed by atoms with van der Waals surface area (Å²) in [7, 11) is 0. The number of para-hydroxylation sites is 1. The van der Waals surface area contributed by atoms with E-state index in [1.54, 1.807) is 29.0 Å². The van der Waals surface area contributed by atoms with E-state index >= 15 is 0 Å². The van der Waals surface area contributed by atoms with Crippen molar-refractivity contribution >= 4 is 34.4 Å². The summed E-state index contributed by atoms with van der Waals surface area (Å²) >= 11 is 5.98. The first-order valence-electron chi connectivity index (χ1n) is 10.0. The summed E-state index contributed by atoms with van der Waals surface area (Å²) in [5, 5.41) is 12.5. The Labute approximate surface area is 187 Å². The molecule has 3 heterocycles. The summed E-state index contributed by atoms with van der Waals surface area (Å²) in [6.07, 6.45) is 3.28. The van der Waals surface area contributed by atoms with Crippen LogP contribution in [0.5, 0.6) is 0 Å². The van der Waals surface area contributed by atoms with Crippen LogP contribution in [-0.2, 0) is 11.3 Å². The van der Waals surface area contributed by atoms with E-state index in [9.17, 15) is 9.59 Å². The molecule has 0 unspecified atom stereocenters. The van der Waals surface area contributed by atoms with Crippen LogP contribution in [0.25, 0.3) is 22.4 Å². The molecule has 1 N–H and O–H groups in total. The number of carbonyl (C=O) groups excluding carboxylic acids is 1. The lowest BCUT2D eigenvalue weighted by Gasteiger charge is -2.10. The Morgan fingerprint density at radius 1 is 1.03 bits per heavy atom. The molecule has 2 aromatic carbocycles. The number of rotatable bonds is 4. The van der Waals surface area contributed by atoms with E-state index in [0.29, 0.717) is 16.2 Å². The number of amides is 1. The Morgan fingerprint density at radius 3 is 2.47 bits per heavy atom. The molecule has 0 atom stereocenters. The fourth-order valence-electron chi connectivity index (χ4n) is 3.73. The van der Waals surface area contributed by atoms with Crippen LogP contribution >= 0.6 is 11.6 Å². The Hall–Kier alpha value is -3.91. The summed E-state index contributed by atoms with van der Waals surface area (Å²) in [6, 6.07) is 15.0. The standard InChI is InChI=1S/C23H19ClN6O2/c1-14-4-3-5-15(2)21(14)25-20(31)13-30-23(32)28-10-11-29-19(22(28)27-30)12-18(26-29)16-6-8-17(24)9-7-16/h3-12H,13H2,1-2H3,(H,25,31). The molecular formula is C23H19ClN6O2. The quantitative estimate of drug-likeness (QED) is 0.456. The summed E-state index contributed by atoms with van der Waals surface area (Å²) in [4.78, 5) is 25.5. The third-order valence-corrected chi connectivity index (χ3v) is 5.62. The van der Waals surface area contributed by atoms with Gasteiger partial charge >= 0.3 is 5.69 Å². The van der Waals surface area contributed by atoms with E-state index < -0.39 is 5.69 Å². The third kappa shape index (κ3) is 3.44. The molecule has 0 bridgehead atoms. The molecule has 0 spiro atoms. The first-order chi connectivity index (χ1) is 15.4. The minimum atomic E-state index is -0.395. The molecule has 0 saturated heterocycles. The fourth-order valence-corrected chi connectivity index (χ4v) is 3.85. The molecule has 0 radical (unpaired) electrons. The highest BCUT2D eigenvalue weighted by Crippen LogP contribution is 2.23. The van der Waals surface area contributed by atoms with Crippen molar-refractivity contribution < 1.29 is 4.79 Å². The maximum absolute atomic E-state index is 12.8. The topological polar surface area (TPSA) is 85.7 Å². The normalized spacial score (nSPS) is 11.3. The van der Waals surface area contributed by atoms with Gasteiger partial charge < -0.3 is 5.32 Å². The van der Waals surface area contributed by atoms with Gasteiger partial charge in [-0.3, -0.25) is 4.79 Å². The number of aryl methyl sites for hydroxylation is 2. The van der Waals surface area contributed by atoms with E-state index in [1.807, 2.05) is 50.2 Å². The van der Waals surface area contributed by atoms with Gasteiger partial charge in [0.15, 0.2) is 5.65 Å². The molecule has 0 fully saturated rings.